The molecule has 2 saturated heterocycles. The Kier molecular flexibility index (Phi) is 6.45. The monoisotopic (exact) mass is 594 g/mol. The number of hydrogen-bond acceptors (Lipinski definition) is 16. The first-order chi connectivity index (χ1) is 20.7. The summed E-state index contributed by atoms with van der Waals surface area (Å²) < 4.78 is 15.6. The summed E-state index contributed by atoms with van der Waals surface area (Å²) in [5, 5.41) is 25.6. The molecule has 0 aromatic carbocycles. The molecule has 8 atom stereocenters. The molecule has 4 aromatic heterocycles. The number of aromatic nitrogens is 8. The van der Waals surface area contributed by atoms with E-state index in [4.69, 9.17) is 26.7 Å². The van der Waals surface area contributed by atoms with E-state index in [0.29, 0.717) is 17.0 Å². The molecule has 2 fully saturated rings. The van der Waals surface area contributed by atoms with E-state index in [0.717, 1.165) is 0 Å². The molecule has 3 aliphatic heterocycles. The molecule has 3 aliphatic rings. The molecule has 19 nitrogen and oxygen atoms in total. The van der Waals surface area contributed by atoms with Crippen molar-refractivity contribution in [3.05, 3.63) is 35.2 Å². The minimum Gasteiger partial charge on any atom is -0.388 e. The Morgan fingerprint density at radius 2 is 1.65 bits per heavy atom. The summed E-state index contributed by atoms with van der Waals surface area (Å²) in [5.41, 5.74) is 19.4. The zero-order valence-corrected chi connectivity index (χ0v) is 22.8. The number of imidazole rings is 2. The minimum absolute atomic E-state index is 0.00482. The fraction of sp³-hybridized carbons (Fsp3) is 0.500. The molecule has 4 aromatic rings. The first-order valence-corrected chi connectivity index (χ1v) is 13.6. The van der Waals surface area contributed by atoms with E-state index in [9.17, 15) is 15.0 Å². The number of fused-ring (bicyclic) bond motifs is 5. The lowest BCUT2D eigenvalue weighted by molar-refractivity contribution is -0.0332. The van der Waals surface area contributed by atoms with E-state index in [2.05, 4.69) is 45.2 Å². The second-order valence-corrected chi connectivity index (χ2v) is 10.7. The standard InChI is InChI=1S/C24H30N14O5/c1-8-33-20-15(21(41)34-8)32-7-38(20)22-13-16(39)9(42-22)2-3-11(25)35-12-10(4-28-24(27)36-13)43-23(17(12)40)37-6-31-14-18(26)29-5-30-19(14)37/h5-7,9-10,12-13,16-17,22-23,39-40H,2-4H2,1H3,(H2,25,35)(H2,26,29,30)(H3,27,28,36)(H,33,34,41)/t9-,10-,12+,13+,16?,17?,22-,23-/m1/s1. The van der Waals surface area contributed by atoms with E-state index >= 15 is 0 Å². The Morgan fingerprint density at radius 3 is 2.47 bits per heavy atom. The fourth-order valence-electron chi connectivity index (χ4n) is 5.86. The maximum Gasteiger partial charge on any atom is 0.279 e. The molecule has 2 bridgehead atoms. The number of nitrogens with one attached hydrogen (secondary N) is 2. The summed E-state index contributed by atoms with van der Waals surface area (Å²) in [5.74, 6) is 0.828. The predicted molar refractivity (Wildman–Crippen MR) is 151 cm³/mol. The molecule has 43 heavy (non-hydrogen) atoms. The third-order valence-electron chi connectivity index (χ3n) is 7.93. The Hall–Kier alpha value is -4.72. The predicted octanol–water partition coefficient (Wildman–Crippen LogP) is -2.84. The van der Waals surface area contributed by atoms with E-state index in [1.165, 1.54) is 19.0 Å². The smallest absolute Gasteiger partial charge is 0.279 e. The number of aryl methyl sites for hydroxylation is 1. The highest BCUT2D eigenvalue weighted by Crippen LogP contribution is 2.36. The molecule has 0 amide bonds. The number of rotatable bonds is 2. The van der Waals surface area contributed by atoms with Gasteiger partial charge in [0.2, 0.25) is 0 Å². The summed E-state index contributed by atoms with van der Waals surface area (Å²) in [4.78, 5) is 45.3. The third kappa shape index (κ3) is 4.52. The average Bonchev–Trinajstić information content (AvgIpc) is 3.72. The summed E-state index contributed by atoms with van der Waals surface area (Å²) >= 11 is 0. The molecular weight excluding hydrogens is 564 g/mol. The molecule has 226 valence electrons. The summed E-state index contributed by atoms with van der Waals surface area (Å²) in [6.07, 6.45) is -0.643. The highest BCUT2D eigenvalue weighted by Gasteiger charge is 2.47. The zero-order chi connectivity index (χ0) is 30.0. The number of aliphatic hydroxyl groups is 2. The zero-order valence-electron chi connectivity index (χ0n) is 22.8. The van der Waals surface area contributed by atoms with Crippen LogP contribution in [0.25, 0.3) is 22.3 Å². The van der Waals surface area contributed by atoms with Crippen LogP contribution in [0.4, 0.5) is 5.82 Å². The third-order valence-corrected chi connectivity index (χ3v) is 7.93. The highest BCUT2D eigenvalue weighted by atomic mass is 16.5. The van der Waals surface area contributed by atoms with Gasteiger partial charge in [-0.05, 0) is 13.3 Å². The Morgan fingerprint density at radius 1 is 0.907 bits per heavy atom. The minimum atomic E-state index is -1.13. The number of guanidine groups is 1. The average molecular weight is 595 g/mol. The largest absolute Gasteiger partial charge is 0.388 e. The van der Waals surface area contributed by atoms with Gasteiger partial charge in [0.1, 0.15) is 48.1 Å². The molecule has 0 spiro atoms. The van der Waals surface area contributed by atoms with Crippen molar-refractivity contribution in [1.29, 1.82) is 0 Å². The van der Waals surface area contributed by atoms with Gasteiger partial charge in [-0.3, -0.25) is 18.9 Å². The van der Waals surface area contributed by atoms with Crippen LogP contribution in [0.3, 0.4) is 0 Å². The normalized spacial score (nSPS) is 31.5. The van der Waals surface area contributed by atoms with E-state index in [1.807, 2.05) is 0 Å². The molecule has 7 rings (SSSR count). The molecule has 0 aliphatic carbocycles. The van der Waals surface area contributed by atoms with E-state index in [1.54, 1.807) is 16.1 Å². The van der Waals surface area contributed by atoms with Crippen molar-refractivity contribution in [1.82, 2.24) is 44.4 Å². The molecule has 0 radical (unpaired) electrons. The highest BCUT2D eigenvalue weighted by molar-refractivity contribution is 5.82. The lowest BCUT2D eigenvalue weighted by Gasteiger charge is -2.21. The number of aromatic amines is 1. The van der Waals surface area contributed by atoms with Crippen LogP contribution >= 0.6 is 0 Å². The molecule has 0 saturated carbocycles. The topological polar surface area (TPSA) is 281 Å². The van der Waals surface area contributed by atoms with Crippen LogP contribution in [0.1, 0.15) is 31.1 Å². The second kappa shape index (κ2) is 10.2. The van der Waals surface area contributed by atoms with Crippen molar-refractivity contribution in [2.45, 2.75) is 68.7 Å². The van der Waals surface area contributed by atoms with Crippen LogP contribution in [0, 0.1) is 6.92 Å². The van der Waals surface area contributed by atoms with Crippen molar-refractivity contribution in [2.24, 2.45) is 21.5 Å². The van der Waals surface area contributed by atoms with E-state index < -0.39 is 54.5 Å². The number of nitrogens with two attached hydrogens (primary N) is 3. The van der Waals surface area contributed by atoms with Crippen molar-refractivity contribution in [3.8, 4) is 0 Å². The van der Waals surface area contributed by atoms with Crippen molar-refractivity contribution < 1.29 is 19.7 Å². The van der Waals surface area contributed by atoms with Crippen molar-refractivity contribution in [2.75, 3.05) is 12.3 Å². The van der Waals surface area contributed by atoms with Gasteiger partial charge in [0.05, 0.1) is 24.6 Å². The number of hydrogen-bond donors (Lipinski definition) is 7. The van der Waals surface area contributed by atoms with Crippen LogP contribution in [0.2, 0.25) is 0 Å². The molecule has 19 heteroatoms. The summed E-state index contributed by atoms with van der Waals surface area (Å²) in [6.45, 7) is 1.75. The van der Waals surface area contributed by atoms with Gasteiger partial charge in [-0.25, -0.2) is 29.9 Å². The first-order valence-electron chi connectivity index (χ1n) is 13.6. The van der Waals surface area contributed by atoms with Gasteiger partial charge in [-0.2, -0.15) is 0 Å². The molecule has 7 heterocycles. The first kappa shape index (κ1) is 27.1. The quantitative estimate of drug-likeness (QED) is 0.123. The maximum atomic E-state index is 12.4. The Balaban J connectivity index is 1.20. The molecule has 10 N–H and O–H groups in total. The summed E-state index contributed by atoms with van der Waals surface area (Å²) in [6, 6.07) is -1.65. The van der Waals surface area contributed by atoms with Crippen LogP contribution in [-0.4, -0.2) is 104 Å². The van der Waals surface area contributed by atoms with Gasteiger partial charge in [0.25, 0.3) is 5.56 Å². The Bertz CT molecular complexity index is 1810. The number of nitrogen functional groups attached to an aromatic ring is 1. The number of anilines is 1. The number of aliphatic imine (C=N–C) groups is 2. The van der Waals surface area contributed by atoms with Gasteiger partial charge in [0, 0.05) is 13.0 Å². The Labute approximate surface area is 241 Å². The van der Waals surface area contributed by atoms with Gasteiger partial charge >= 0.3 is 0 Å². The fourth-order valence-corrected chi connectivity index (χ4v) is 5.86. The van der Waals surface area contributed by atoms with Crippen LogP contribution < -0.4 is 28.1 Å². The maximum absolute atomic E-state index is 12.4. The van der Waals surface area contributed by atoms with E-state index in [-0.39, 0.29) is 48.2 Å². The lowest BCUT2D eigenvalue weighted by atomic mass is 10.0. The lowest BCUT2D eigenvalue weighted by Crippen LogP contribution is -2.43. The number of ether oxygens (including phenoxy) is 2. The van der Waals surface area contributed by atoms with Crippen LogP contribution in [0.5, 0.6) is 0 Å². The SMILES string of the molecule is Cc1nc2c(ncn2[C@@H]2O[C@@H]3CCC(N)=N[C@@H]4C(O)[C@H](n5cnc6c(N)ncnc65)O[C@@H]4CNC(N)=N[C@H]2C3O)c(=O)[nH]1. The summed E-state index contributed by atoms with van der Waals surface area (Å²) in [7, 11) is 0. The van der Waals surface area contributed by atoms with Crippen molar-refractivity contribution >= 4 is 39.9 Å². The second-order valence-electron chi connectivity index (χ2n) is 10.7. The van der Waals surface area contributed by atoms with Gasteiger partial charge in [0.15, 0.2) is 41.0 Å². The van der Waals surface area contributed by atoms with Crippen LogP contribution in [0.15, 0.2) is 33.8 Å². The number of amidine groups is 1. The van der Waals surface area contributed by atoms with Gasteiger partial charge in [-0.1, -0.05) is 0 Å². The molecular formula is C24H30N14O5. The van der Waals surface area contributed by atoms with Gasteiger partial charge < -0.3 is 47.2 Å². The number of nitrogens with zero attached hydrogens (tertiary/aromatic N) is 9. The number of H-pyrrole nitrogens is 1. The number of aliphatic hydroxyl groups excluding tert-OH is 2. The molecule has 2 unspecified atom stereocenters. The van der Waals surface area contributed by atoms with Crippen LogP contribution in [-0.2, 0) is 9.47 Å². The van der Waals surface area contributed by atoms with Crippen molar-refractivity contribution in [3.63, 3.8) is 0 Å². The van der Waals surface area contributed by atoms with Gasteiger partial charge in [-0.15, -0.1) is 0 Å².